The van der Waals surface area contributed by atoms with Gasteiger partial charge in [-0.3, -0.25) is 0 Å². The number of hydrogen-bond acceptors (Lipinski definition) is 3. The average Bonchev–Trinajstić information content (AvgIpc) is 2.91. The average molecular weight is 273 g/mol. The van der Waals surface area contributed by atoms with Crippen molar-refractivity contribution >= 4 is 11.7 Å². The minimum Gasteiger partial charge on any atom is -0.478 e. The van der Waals surface area contributed by atoms with Gasteiger partial charge in [-0.1, -0.05) is 11.6 Å². The summed E-state index contributed by atoms with van der Waals surface area (Å²) in [7, 11) is 0. The van der Waals surface area contributed by atoms with E-state index in [9.17, 15) is 9.90 Å². The minimum atomic E-state index is -0.908. The first-order valence-corrected chi connectivity index (χ1v) is 6.69. The molecular weight excluding hydrogens is 254 g/mol. The number of aryl methyl sites for hydroxylation is 2. The summed E-state index contributed by atoms with van der Waals surface area (Å²) in [5, 5.41) is 12.5. The summed E-state index contributed by atoms with van der Waals surface area (Å²) in [5.41, 5.74) is 1.92. The van der Waals surface area contributed by atoms with Crippen LogP contribution in [0, 0.1) is 6.92 Å². The van der Waals surface area contributed by atoms with Gasteiger partial charge in [-0.05, 0) is 44.5 Å². The largest absolute Gasteiger partial charge is 0.478 e. The molecule has 0 saturated heterocycles. The van der Waals surface area contributed by atoms with Crippen LogP contribution >= 0.6 is 0 Å². The number of hydrogen-bond donors (Lipinski definition) is 2. The van der Waals surface area contributed by atoms with Gasteiger partial charge in [0.1, 0.15) is 5.76 Å². The Hall–Kier alpha value is -2.23. The zero-order valence-corrected chi connectivity index (χ0v) is 11.7. The topological polar surface area (TPSA) is 62.5 Å². The molecule has 4 heteroatoms. The molecule has 2 N–H and O–H groups in total. The van der Waals surface area contributed by atoms with Gasteiger partial charge in [0.25, 0.3) is 0 Å². The molecule has 0 fully saturated rings. The third-order valence-electron chi connectivity index (χ3n) is 3.21. The number of carboxylic acids is 1. The van der Waals surface area contributed by atoms with E-state index in [-0.39, 0.29) is 6.04 Å². The first-order chi connectivity index (χ1) is 9.56. The predicted octanol–water partition coefficient (Wildman–Crippen LogP) is 3.72. The van der Waals surface area contributed by atoms with E-state index in [1.165, 1.54) is 0 Å². The van der Waals surface area contributed by atoms with Crippen LogP contribution in [0.4, 0.5) is 5.69 Å². The van der Waals surface area contributed by atoms with Gasteiger partial charge in [-0.15, -0.1) is 0 Å². The summed E-state index contributed by atoms with van der Waals surface area (Å²) < 4.78 is 5.29. The van der Waals surface area contributed by atoms with E-state index < -0.39 is 5.97 Å². The molecule has 0 amide bonds. The van der Waals surface area contributed by atoms with E-state index in [1.807, 2.05) is 38.1 Å². The second-order valence-corrected chi connectivity index (χ2v) is 5.02. The molecule has 20 heavy (non-hydrogen) atoms. The fourth-order valence-electron chi connectivity index (χ4n) is 2.11. The van der Waals surface area contributed by atoms with Gasteiger partial charge in [-0.25, -0.2) is 4.79 Å². The van der Waals surface area contributed by atoms with Crippen molar-refractivity contribution in [2.24, 2.45) is 0 Å². The number of aromatic carboxylic acids is 1. The zero-order chi connectivity index (χ0) is 14.5. The summed E-state index contributed by atoms with van der Waals surface area (Å²) in [6, 6.07) is 9.40. The van der Waals surface area contributed by atoms with E-state index in [1.54, 1.807) is 12.3 Å². The monoisotopic (exact) mass is 273 g/mol. The van der Waals surface area contributed by atoms with Crippen molar-refractivity contribution in [2.45, 2.75) is 32.7 Å². The SMILES string of the molecule is Cc1ccc(NC(C)CCc2ccco2)c(C(=O)O)c1. The lowest BCUT2D eigenvalue weighted by Gasteiger charge is -2.16. The maximum atomic E-state index is 11.2. The van der Waals surface area contributed by atoms with Gasteiger partial charge in [0, 0.05) is 18.2 Å². The number of anilines is 1. The lowest BCUT2D eigenvalue weighted by Crippen LogP contribution is -2.18. The number of carbonyl (C=O) groups is 1. The van der Waals surface area contributed by atoms with Gasteiger partial charge < -0.3 is 14.8 Å². The van der Waals surface area contributed by atoms with Crippen molar-refractivity contribution in [3.63, 3.8) is 0 Å². The molecule has 106 valence electrons. The fourth-order valence-corrected chi connectivity index (χ4v) is 2.11. The maximum Gasteiger partial charge on any atom is 0.337 e. The minimum absolute atomic E-state index is 0.168. The summed E-state index contributed by atoms with van der Waals surface area (Å²) in [4.78, 5) is 11.2. The van der Waals surface area contributed by atoms with Gasteiger partial charge in [-0.2, -0.15) is 0 Å². The van der Waals surface area contributed by atoms with Crippen molar-refractivity contribution in [2.75, 3.05) is 5.32 Å². The highest BCUT2D eigenvalue weighted by atomic mass is 16.4. The highest BCUT2D eigenvalue weighted by molar-refractivity contribution is 5.94. The molecule has 1 unspecified atom stereocenters. The number of nitrogens with one attached hydrogen (secondary N) is 1. The Bertz CT molecular complexity index is 575. The van der Waals surface area contributed by atoms with Gasteiger partial charge >= 0.3 is 5.97 Å². The number of carboxylic acid groups (broad SMARTS) is 1. The Balaban J connectivity index is 2.00. The zero-order valence-electron chi connectivity index (χ0n) is 11.7. The van der Waals surface area contributed by atoms with Gasteiger partial charge in [0.2, 0.25) is 0 Å². The third kappa shape index (κ3) is 3.63. The highest BCUT2D eigenvalue weighted by Gasteiger charge is 2.12. The Kier molecular flexibility index (Phi) is 4.45. The Morgan fingerprint density at radius 1 is 1.40 bits per heavy atom. The molecule has 0 aliphatic heterocycles. The summed E-state index contributed by atoms with van der Waals surface area (Å²) >= 11 is 0. The van der Waals surface area contributed by atoms with E-state index in [0.29, 0.717) is 11.3 Å². The summed E-state index contributed by atoms with van der Waals surface area (Å²) in [6.07, 6.45) is 3.37. The van der Waals surface area contributed by atoms with Crippen LogP contribution in [0.3, 0.4) is 0 Å². The normalized spacial score (nSPS) is 12.1. The second-order valence-electron chi connectivity index (χ2n) is 5.02. The molecule has 0 bridgehead atoms. The highest BCUT2D eigenvalue weighted by Crippen LogP contribution is 2.19. The van der Waals surface area contributed by atoms with Crippen LogP contribution in [0.2, 0.25) is 0 Å². The molecule has 0 spiro atoms. The maximum absolute atomic E-state index is 11.2. The second kappa shape index (κ2) is 6.28. The molecule has 0 radical (unpaired) electrons. The van der Waals surface area contributed by atoms with E-state index in [4.69, 9.17) is 4.42 Å². The molecular formula is C16H19NO3. The molecule has 0 saturated carbocycles. The van der Waals surface area contributed by atoms with Crippen LogP contribution < -0.4 is 5.32 Å². The molecule has 1 aromatic heterocycles. The smallest absolute Gasteiger partial charge is 0.337 e. The molecule has 0 aliphatic carbocycles. The lowest BCUT2D eigenvalue weighted by molar-refractivity contribution is 0.0698. The lowest BCUT2D eigenvalue weighted by atomic mass is 10.1. The first-order valence-electron chi connectivity index (χ1n) is 6.69. The van der Waals surface area contributed by atoms with Gasteiger partial charge in [0.15, 0.2) is 0 Å². The van der Waals surface area contributed by atoms with Crippen LogP contribution in [0.25, 0.3) is 0 Å². The third-order valence-corrected chi connectivity index (χ3v) is 3.21. The standard InChI is InChI=1S/C16H19NO3/c1-11-5-8-15(14(10-11)16(18)19)17-12(2)6-7-13-4-3-9-20-13/h3-5,8-10,12,17H,6-7H2,1-2H3,(H,18,19). The van der Waals surface area contributed by atoms with Crippen LogP contribution in [0.5, 0.6) is 0 Å². The van der Waals surface area contributed by atoms with Gasteiger partial charge in [0.05, 0.1) is 11.8 Å². The quantitative estimate of drug-likeness (QED) is 0.842. The number of benzene rings is 1. The first kappa shape index (κ1) is 14.2. The molecule has 2 aromatic rings. The number of furan rings is 1. The van der Waals surface area contributed by atoms with Crippen molar-refractivity contribution in [3.8, 4) is 0 Å². The van der Waals surface area contributed by atoms with Crippen molar-refractivity contribution in [1.29, 1.82) is 0 Å². The predicted molar refractivity (Wildman–Crippen MR) is 78.3 cm³/mol. The van der Waals surface area contributed by atoms with E-state index >= 15 is 0 Å². The fraction of sp³-hybridized carbons (Fsp3) is 0.312. The van der Waals surface area contributed by atoms with Crippen molar-refractivity contribution < 1.29 is 14.3 Å². The molecule has 2 rings (SSSR count). The molecule has 1 heterocycles. The molecule has 4 nitrogen and oxygen atoms in total. The number of rotatable bonds is 6. The van der Waals surface area contributed by atoms with E-state index in [0.717, 1.165) is 24.2 Å². The Morgan fingerprint density at radius 3 is 2.85 bits per heavy atom. The van der Waals surface area contributed by atoms with Crippen LogP contribution in [-0.4, -0.2) is 17.1 Å². The molecule has 0 aliphatic rings. The molecule has 1 atom stereocenters. The van der Waals surface area contributed by atoms with Crippen molar-refractivity contribution in [1.82, 2.24) is 0 Å². The summed E-state index contributed by atoms with van der Waals surface area (Å²) in [5.74, 6) is 0.0375. The molecule has 1 aromatic carbocycles. The van der Waals surface area contributed by atoms with Crippen molar-refractivity contribution in [3.05, 3.63) is 53.5 Å². The Morgan fingerprint density at radius 2 is 2.20 bits per heavy atom. The Labute approximate surface area is 118 Å². The van der Waals surface area contributed by atoms with Crippen LogP contribution in [-0.2, 0) is 6.42 Å². The van der Waals surface area contributed by atoms with Crippen LogP contribution in [0.15, 0.2) is 41.0 Å². The van der Waals surface area contributed by atoms with Crippen LogP contribution in [0.1, 0.15) is 35.0 Å². The van der Waals surface area contributed by atoms with E-state index in [2.05, 4.69) is 5.32 Å². The summed E-state index contributed by atoms with van der Waals surface area (Å²) in [6.45, 7) is 3.92.